The highest BCUT2D eigenvalue weighted by Gasteiger charge is 2.11. The lowest BCUT2D eigenvalue weighted by Gasteiger charge is -1.96. The summed E-state index contributed by atoms with van der Waals surface area (Å²) in [6.45, 7) is 0. The van der Waals surface area contributed by atoms with Crippen LogP contribution in [0.1, 0.15) is 9.67 Å². The number of para-hydroxylation sites is 1. The summed E-state index contributed by atoms with van der Waals surface area (Å²) in [4.78, 5) is 11.1. The topological polar surface area (TPSA) is 68.0 Å². The highest BCUT2D eigenvalue weighted by molar-refractivity contribution is 7.12. The van der Waals surface area contributed by atoms with E-state index < -0.39 is 5.97 Å². The van der Waals surface area contributed by atoms with Crippen molar-refractivity contribution in [3.63, 3.8) is 0 Å². The van der Waals surface area contributed by atoms with Crippen LogP contribution in [0, 0.1) is 0 Å². The lowest BCUT2D eigenvalue weighted by atomic mass is 10.3. The average molecular weight is 245 g/mol. The van der Waals surface area contributed by atoms with Gasteiger partial charge in [0.1, 0.15) is 10.4 Å². The number of rotatable bonds is 2. The summed E-state index contributed by atoms with van der Waals surface area (Å²) in [6.07, 6.45) is 0. The zero-order valence-corrected chi connectivity index (χ0v) is 9.39. The molecule has 0 aliphatic carbocycles. The van der Waals surface area contributed by atoms with E-state index in [1.807, 2.05) is 24.3 Å². The molecule has 0 bridgehead atoms. The van der Waals surface area contributed by atoms with Gasteiger partial charge in [0.05, 0.1) is 11.2 Å². The quantitative estimate of drug-likeness (QED) is 0.751. The second kappa shape index (κ2) is 3.67. The van der Waals surface area contributed by atoms with Crippen LogP contribution in [-0.4, -0.2) is 26.1 Å². The summed E-state index contributed by atoms with van der Waals surface area (Å²) in [6, 6.07) is 9.13. The summed E-state index contributed by atoms with van der Waals surface area (Å²) >= 11 is 1.18. The minimum Gasteiger partial charge on any atom is -0.477 e. The Hall–Kier alpha value is -2.21. The van der Waals surface area contributed by atoms with Gasteiger partial charge in [-0.3, -0.25) is 0 Å². The number of carboxylic acid groups (broad SMARTS) is 1. The van der Waals surface area contributed by atoms with Gasteiger partial charge in [-0.05, 0) is 18.2 Å². The van der Waals surface area contributed by atoms with Crippen molar-refractivity contribution in [2.24, 2.45) is 0 Å². The fraction of sp³-hybridized carbons (Fsp3) is 0. The number of thiophene rings is 1. The van der Waals surface area contributed by atoms with Gasteiger partial charge < -0.3 is 5.11 Å². The van der Waals surface area contributed by atoms with E-state index in [9.17, 15) is 4.79 Å². The van der Waals surface area contributed by atoms with Gasteiger partial charge in [0, 0.05) is 5.38 Å². The van der Waals surface area contributed by atoms with Crippen LogP contribution in [0.4, 0.5) is 0 Å². The normalized spacial score (nSPS) is 10.8. The van der Waals surface area contributed by atoms with E-state index in [0.717, 1.165) is 16.7 Å². The zero-order valence-electron chi connectivity index (χ0n) is 8.57. The monoisotopic (exact) mass is 245 g/mol. The van der Waals surface area contributed by atoms with Crippen LogP contribution in [0.15, 0.2) is 35.7 Å². The van der Waals surface area contributed by atoms with Gasteiger partial charge in [0.2, 0.25) is 0 Å². The Balaban J connectivity index is 2.17. The minimum atomic E-state index is -0.925. The number of aromatic nitrogens is 3. The van der Waals surface area contributed by atoms with Crippen molar-refractivity contribution in [2.45, 2.75) is 0 Å². The molecule has 6 heteroatoms. The maximum atomic E-state index is 10.8. The Morgan fingerprint density at radius 2 is 2.18 bits per heavy atom. The SMILES string of the molecule is O=C(O)c1cc(-n2nnc3ccccc32)cs1. The van der Waals surface area contributed by atoms with E-state index in [2.05, 4.69) is 10.3 Å². The molecule has 17 heavy (non-hydrogen) atoms. The molecule has 5 nitrogen and oxygen atoms in total. The largest absolute Gasteiger partial charge is 0.477 e. The van der Waals surface area contributed by atoms with Crippen LogP contribution in [-0.2, 0) is 0 Å². The number of carboxylic acids is 1. The highest BCUT2D eigenvalue weighted by atomic mass is 32.1. The number of hydrogen-bond acceptors (Lipinski definition) is 4. The van der Waals surface area contributed by atoms with Gasteiger partial charge in [-0.2, -0.15) is 0 Å². The first-order valence-corrected chi connectivity index (χ1v) is 5.76. The minimum absolute atomic E-state index is 0.291. The van der Waals surface area contributed by atoms with Gasteiger partial charge >= 0.3 is 5.97 Å². The van der Waals surface area contributed by atoms with Crippen LogP contribution in [0.25, 0.3) is 16.7 Å². The molecular weight excluding hydrogens is 238 g/mol. The third-order valence-corrected chi connectivity index (χ3v) is 3.30. The number of hydrogen-bond donors (Lipinski definition) is 1. The van der Waals surface area contributed by atoms with Crippen molar-refractivity contribution in [3.8, 4) is 5.69 Å². The second-order valence-corrected chi connectivity index (χ2v) is 4.38. The first kappa shape index (κ1) is 9.98. The number of aromatic carboxylic acids is 1. The van der Waals surface area contributed by atoms with E-state index in [0.29, 0.717) is 4.88 Å². The first-order chi connectivity index (χ1) is 8.25. The molecule has 0 amide bonds. The van der Waals surface area contributed by atoms with E-state index in [-0.39, 0.29) is 0 Å². The molecule has 2 aromatic heterocycles. The van der Waals surface area contributed by atoms with Gasteiger partial charge in [0.25, 0.3) is 0 Å². The molecule has 1 N–H and O–H groups in total. The summed E-state index contributed by atoms with van der Waals surface area (Å²) in [5, 5.41) is 18.7. The van der Waals surface area contributed by atoms with Crippen molar-refractivity contribution in [1.29, 1.82) is 0 Å². The Labute approximate surface area is 99.9 Å². The fourth-order valence-electron chi connectivity index (χ4n) is 1.61. The predicted octanol–water partition coefficient (Wildman–Crippen LogP) is 2.18. The highest BCUT2D eigenvalue weighted by Crippen LogP contribution is 2.21. The van der Waals surface area contributed by atoms with E-state index in [4.69, 9.17) is 5.11 Å². The smallest absolute Gasteiger partial charge is 0.345 e. The summed E-state index contributed by atoms with van der Waals surface area (Å²) in [5.41, 5.74) is 2.37. The maximum absolute atomic E-state index is 10.8. The molecule has 0 saturated carbocycles. The summed E-state index contributed by atoms with van der Waals surface area (Å²) in [5.74, 6) is -0.925. The number of benzene rings is 1. The Bertz CT molecular complexity index is 701. The molecular formula is C11H7N3O2S. The molecule has 0 radical (unpaired) electrons. The van der Waals surface area contributed by atoms with E-state index in [1.165, 1.54) is 11.3 Å². The molecule has 3 rings (SSSR count). The van der Waals surface area contributed by atoms with Gasteiger partial charge in [-0.1, -0.05) is 17.3 Å². The fourth-order valence-corrected chi connectivity index (χ4v) is 2.31. The molecule has 0 fully saturated rings. The van der Waals surface area contributed by atoms with E-state index in [1.54, 1.807) is 16.1 Å². The molecule has 2 heterocycles. The van der Waals surface area contributed by atoms with Crippen molar-refractivity contribution in [1.82, 2.24) is 15.0 Å². The molecule has 0 unspecified atom stereocenters. The van der Waals surface area contributed by atoms with E-state index >= 15 is 0 Å². The number of nitrogens with zero attached hydrogens (tertiary/aromatic N) is 3. The van der Waals surface area contributed by atoms with Crippen molar-refractivity contribution >= 4 is 28.3 Å². The first-order valence-electron chi connectivity index (χ1n) is 4.88. The molecule has 0 saturated heterocycles. The van der Waals surface area contributed by atoms with Crippen LogP contribution >= 0.6 is 11.3 Å². The lowest BCUT2D eigenvalue weighted by Crippen LogP contribution is -1.95. The van der Waals surface area contributed by atoms with Gasteiger partial charge in [-0.15, -0.1) is 16.4 Å². The van der Waals surface area contributed by atoms with Crippen LogP contribution in [0.5, 0.6) is 0 Å². The third-order valence-electron chi connectivity index (χ3n) is 2.39. The lowest BCUT2D eigenvalue weighted by molar-refractivity contribution is 0.0702. The van der Waals surface area contributed by atoms with Crippen LogP contribution in [0.3, 0.4) is 0 Å². The number of carbonyl (C=O) groups is 1. The van der Waals surface area contributed by atoms with Crippen LogP contribution in [0.2, 0.25) is 0 Å². The molecule has 3 aromatic rings. The summed E-state index contributed by atoms with van der Waals surface area (Å²) in [7, 11) is 0. The van der Waals surface area contributed by atoms with Gasteiger partial charge in [-0.25, -0.2) is 9.48 Å². The average Bonchev–Trinajstić information content (AvgIpc) is 2.95. The van der Waals surface area contributed by atoms with Crippen molar-refractivity contribution in [2.75, 3.05) is 0 Å². The van der Waals surface area contributed by atoms with Gasteiger partial charge in [0.15, 0.2) is 0 Å². The zero-order chi connectivity index (χ0) is 11.8. The van der Waals surface area contributed by atoms with Crippen LogP contribution < -0.4 is 0 Å². The molecule has 0 spiro atoms. The molecule has 0 aliphatic heterocycles. The molecule has 0 atom stereocenters. The second-order valence-electron chi connectivity index (χ2n) is 3.46. The number of fused-ring (bicyclic) bond motifs is 1. The Morgan fingerprint density at radius 1 is 1.35 bits per heavy atom. The molecule has 1 aromatic carbocycles. The summed E-state index contributed by atoms with van der Waals surface area (Å²) < 4.78 is 1.64. The van der Waals surface area contributed by atoms with Crippen molar-refractivity contribution < 1.29 is 9.90 Å². The molecule has 0 aliphatic rings. The third kappa shape index (κ3) is 1.58. The predicted molar refractivity (Wildman–Crippen MR) is 63.7 cm³/mol. The Kier molecular flexibility index (Phi) is 2.15. The van der Waals surface area contributed by atoms with Crippen molar-refractivity contribution in [3.05, 3.63) is 40.6 Å². The Morgan fingerprint density at radius 3 is 2.94 bits per heavy atom. The standard InChI is InChI=1S/C11H7N3O2S/c15-11(16)10-5-7(6-17-10)14-9-4-2-1-3-8(9)12-13-14/h1-6H,(H,15,16). The maximum Gasteiger partial charge on any atom is 0.345 e. The molecule has 84 valence electrons.